The SMILES string of the molecule is Cc1nc(C2=C(N)CN(C(=O)c3ccc(F)cc3O[C@@H]3CC4CCC3N4)C2)nc(C)c1Cl. The summed E-state index contributed by atoms with van der Waals surface area (Å²) >= 11 is 6.19. The number of nitrogens with two attached hydrogens (primary N) is 1. The van der Waals surface area contributed by atoms with Crippen molar-refractivity contribution >= 4 is 23.1 Å². The molecule has 2 saturated heterocycles. The van der Waals surface area contributed by atoms with Crippen LogP contribution in [0, 0.1) is 19.7 Å². The molecule has 0 saturated carbocycles. The predicted molar refractivity (Wildman–Crippen MR) is 119 cm³/mol. The van der Waals surface area contributed by atoms with E-state index in [0.717, 1.165) is 19.3 Å². The Morgan fingerprint density at radius 2 is 2.00 bits per heavy atom. The van der Waals surface area contributed by atoms with E-state index in [1.807, 2.05) is 13.8 Å². The average molecular weight is 458 g/mol. The molecule has 9 heteroatoms. The second kappa shape index (κ2) is 8.01. The first-order valence-corrected chi connectivity index (χ1v) is 11.2. The van der Waals surface area contributed by atoms with Crippen molar-refractivity contribution in [3.8, 4) is 5.75 Å². The second-order valence-electron chi connectivity index (χ2n) is 8.78. The smallest absolute Gasteiger partial charge is 0.258 e. The number of nitrogens with zero attached hydrogens (tertiary/aromatic N) is 3. The Hall–Kier alpha value is -2.71. The van der Waals surface area contributed by atoms with Gasteiger partial charge >= 0.3 is 0 Å². The van der Waals surface area contributed by atoms with Crippen LogP contribution in [-0.2, 0) is 0 Å². The molecule has 2 fully saturated rings. The lowest BCUT2D eigenvalue weighted by molar-refractivity contribution is 0.0789. The number of ether oxygens (including phenoxy) is 1. The molecule has 0 spiro atoms. The number of benzene rings is 1. The zero-order chi connectivity index (χ0) is 22.6. The first kappa shape index (κ1) is 21.2. The highest BCUT2D eigenvalue weighted by atomic mass is 35.5. The second-order valence-corrected chi connectivity index (χ2v) is 9.15. The maximum absolute atomic E-state index is 14.0. The Labute approximate surface area is 190 Å². The monoisotopic (exact) mass is 457 g/mol. The van der Waals surface area contributed by atoms with Gasteiger partial charge in [0.15, 0.2) is 5.82 Å². The summed E-state index contributed by atoms with van der Waals surface area (Å²) in [5, 5.41) is 4.01. The molecule has 2 aromatic rings. The summed E-state index contributed by atoms with van der Waals surface area (Å²) in [6, 6.07) is 4.74. The third-order valence-corrected chi connectivity index (χ3v) is 7.08. The van der Waals surface area contributed by atoms with Gasteiger partial charge in [0.05, 0.1) is 35.1 Å². The van der Waals surface area contributed by atoms with Crippen molar-refractivity contribution in [2.75, 3.05) is 13.1 Å². The van der Waals surface area contributed by atoms with Crippen molar-refractivity contribution in [2.24, 2.45) is 5.73 Å². The summed E-state index contributed by atoms with van der Waals surface area (Å²) in [6.45, 7) is 4.12. The van der Waals surface area contributed by atoms with Gasteiger partial charge in [0.2, 0.25) is 0 Å². The van der Waals surface area contributed by atoms with E-state index < -0.39 is 5.82 Å². The van der Waals surface area contributed by atoms with Crippen LogP contribution in [0.25, 0.3) is 5.57 Å². The zero-order valence-electron chi connectivity index (χ0n) is 18.0. The van der Waals surface area contributed by atoms with Crippen molar-refractivity contribution in [3.63, 3.8) is 0 Å². The Morgan fingerprint density at radius 3 is 2.66 bits per heavy atom. The van der Waals surface area contributed by atoms with E-state index in [-0.39, 0.29) is 36.9 Å². The van der Waals surface area contributed by atoms with Crippen LogP contribution in [0.5, 0.6) is 5.75 Å². The van der Waals surface area contributed by atoms with Gasteiger partial charge in [0.1, 0.15) is 17.7 Å². The largest absolute Gasteiger partial charge is 0.488 e. The molecule has 1 amide bonds. The number of aryl methyl sites for hydroxylation is 2. The number of carbonyl (C=O) groups is 1. The lowest BCUT2D eigenvalue weighted by Crippen LogP contribution is -2.34. The number of hydrogen-bond acceptors (Lipinski definition) is 6. The lowest BCUT2D eigenvalue weighted by atomic mass is 9.97. The van der Waals surface area contributed by atoms with E-state index in [1.54, 1.807) is 4.90 Å². The fourth-order valence-corrected chi connectivity index (χ4v) is 4.94. The van der Waals surface area contributed by atoms with Gasteiger partial charge in [-0.25, -0.2) is 14.4 Å². The summed E-state index contributed by atoms with van der Waals surface area (Å²) in [6.07, 6.45) is 2.97. The van der Waals surface area contributed by atoms with E-state index in [9.17, 15) is 9.18 Å². The van der Waals surface area contributed by atoms with Crippen molar-refractivity contribution < 1.29 is 13.9 Å². The molecule has 168 valence electrons. The Kier molecular flexibility index (Phi) is 5.29. The van der Waals surface area contributed by atoms with Crippen molar-refractivity contribution in [1.82, 2.24) is 20.2 Å². The van der Waals surface area contributed by atoms with Crippen molar-refractivity contribution in [2.45, 2.75) is 51.3 Å². The first-order valence-electron chi connectivity index (χ1n) is 10.8. The van der Waals surface area contributed by atoms with E-state index in [1.165, 1.54) is 18.2 Å². The van der Waals surface area contributed by atoms with Gasteiger partial charge in [-0.3, -0.25) is 4.79 Å². The van der Waals surface area contributed by atoms with Crippen LogP contribution in [0.2, 0.25) is 5.02 Å². The third kappa shape index (κ3) is 3.71. The number of fused-ring (bicyclic) bond motifs is 2. The highest BCUT2D eigenvalue weighted by Crippen LogP contribution is 2.34. The molecule has 5 rings (SSSR count). The Morgan fingerprint density at radius 1 is 1.25 bits per heavy atom. The molecule has 3 aliphatic heterocycles. The molecule has 3 atom stereocenters. The number of rotatable bonds is 4. The number of hydrogen-bond donors (Lipinski definition) is 2. The van der Waals surface area contributed by atoms with Crippen LogP contribution in [0.15, 0.2) is 23.9 Å². The van der Waals surface area contributed by atoms with Gasteiger partial charge in [-0.15, -0.1) is 0 Å². The van der Waals surface area contributed by atoms with Gasteiger partial charge in [-0.2, -0.15) is 0 Å². The molecule has 4 heterocycles. The number of nitrogens with one attached hydrogen (secondary N) is 1. The Balaban J connectivity index is 1.37. The minimum absolute atomic E-state index is 0.0622. The molecule has 0 radical (unpaired) electrons. The summed E-state index contributed by atoms with van der Waals surface area (Å²) in [5.74, 6) is 0.0426. The fourth-order valence-electron chi connectivity index (χ4n) is 4.85. The predicted octanol–water partition coefficient (Wildman–Crippen LogP) is 2.98. The summed E-state index contributed by atoms with van der Waals surface area (Å²) in [4.78, 5) is 23.9. The third-order valence-electron chi connectivity index (χ3n) is 6.53. The van der Waals surface area contributed by atoms with Crippen LogP contribution < -0.4 is 15.8 Å². The van der Waals surface area contributed by atoms with Crippen molar-refractivity contribution in [1.29, 1.82) is 0 Å². The molecule has 32 heavy (non-hydrogen) atoms. The highest BCUT2D eigenvalue weighted by Gasteiger charge is 2.41. The molecule has 1 aromatic carbocycles. The highest BCUT2D eigenvalue weighted by molar-refractivity contribution is 6.31. The van der Waals surface area contributed by atoms with E-state index in [2.05, 4.69) is 15.3 Å². The zero-order valence-corrected chi connectivity index (χ0v) is 18.7. The minimum Gasteiger partial charge on any atom is -0.488 e. The molecule has 3 aliphatic rings. The van der Waals surface area contributed by atoms with Crippen LogP contribution in [0.4, 0.5) is 4.39 Å². The number of amides is 1. The molecule has 7 nitrogen and oxygen atoms in total. The molecule has 1 aromatic heterocycles. The minimum atomic E-state index is -0.437. The molecular weight excluding hydrogens is 433 g/mol. The Bertz CT molecular complexity index is 1110. The summed E-state index contributed by atoms with van der Waals surface area (Å²) in [5.41, 5.74) is 9.14. The summed E-state index contributed by atoms with van der Waals surface area (Å²) in [7, 11) is 0. The summed E-state index contributed by atoms with van der Waals surface area (Å²) < 4.78 is 20.2. The van der Waals surface area contributed by atoms with Gasteiger partial charge in [0, 0.05) is 35.8 Å². The van der Waals surface area contributed by atoms with Crippen LogP contribution in [0.1, 0.15) is 46.8 Å². The molecule has 2 unspecified atom stereocenters. The number of halogens is 2. The molecule has 2 bridgehead atoms. The lowest BCUT2D eigenvalue weighted by Gasteiger charge is -2.24. The van der Waals surface area contributed by atoms with Crippen LogP contribution in [0.3, 0.4) is 0 Å². The quantitative estimate of drug-likeness (QED) is 0.733. The van der Waals surface area contributed by atoms with E-state index in [0.29, 0.717) is 45.1 Å². The normalized spacial score (nSPS) is 24.5. The number of aromatic nitrogens is 2. The average Bonchev–Trinajstić information content (AvgIpc) is 3.47. The van der Waals surface area contributed by atoms with Crippen LogP contribution in [-0.4, -0.2) is 52.1 Å². The van der Waals surface area contributed by atoms with Gasteiger partial charge < -0.3 is 20.7 Å². The molecule has 3 N–H and O–H groups in total. The molecule has 0 aliphatic carbocycles. The maximum Gasteiger partial charge on any atom is 0.258 e. The van der Waals surface area contributed by atoms with E-state index in [4.69, 9.17) is 22.1 Å². The van der Waals surface area contributed by atoms with Crippen LogP contribution >= 0.6 is 11.6 Å². The topological polar surface area (TPSA) is 93.4 Å². The van der Waals surface area contributed by atoms with E-state index >= 15 is 0 Å². The number of carbonyl (C=O) groups excluding carboxylic acids is 1. The van der Waals surface area contributed by atoms with Gasteiger partial charge in [-0.05, 0) is 38.8 Å². The standard InChI is InChI=1S/C23H25ClFN5O2/c1-11-21(24)12(2)28-22(27-11)16-9-30(10-17(16)26)23(31)15-5-3-13(25)7-19(15)32-20-8-14-4-6-18(20)29-14/h3,5,7,14,18,20,29H,4,6,8-10,26H2,1-2H3/t14?,18?,20-/m1/s1. The fraction of sp³-hybridized carbons (Fsp3) is 0.435. The van der Waals surface area contributed by atoms with Crippen molar-refractivity contribution in [3.05, 3.63) is 57.5 Å². The maximum atomic E-state index is 14.0. The van der Waals surface area contributed by atoms with Gasteiger partial charge in [0.25, 0.3) is 5.91 Å². The van der Waals surface area contributed by atoms with Gasteiger partial charge in [-0.1, -0.05) is 11.6 Å². The molecular formula is C23H25ClFN5O2. The first-order chi connectivity index (χ1) is 15.3.